The summed E-state index contributed by atoms with van der Waals surface area (Å²) < 4.78 is 0. The van der Waals surface area contributed by atoms with E-state index < -0.39 is 29.9 Å². The second-order valence-electron chi connectivity index (χ2n) is 7.84. The zero-order valence-electron chi connectivity index (χ0n) is 17.6. The Morgan fingerprint density at radius 1 is 1.07 bits per heavy atom. The molecule has 162 valence electrons. The number of aliphatic hydroxyl groups excluding tert-OH is 1. The third kappa shape index (κ3) is 8.04. The predicted octanol–water partition coefficient (Wildman–Crippen LogP) is 0.819. The first kappa shape index (κ1) is 24.9. The standard InChI is InChI=1S/C22H35N3O4/c1-14(2)21(28)19(9-10-23)25-22(29)18(15(3)26)12-20(27)17(13-24)11-16-7-5-4-6-8-16/h4-8,14-15,17-19,26H,9-13,23-24H2,1-3H3,(H,25,29)/t15?,17?,18-,19-/m0/s1. The van der Waals surface area contributed by atoms with E-state index in [1.807, 2.05) is 30.3 Å². The molecule has 2 unspecified atom stereocenters. The van der Waals surface area contributed by atoms with Gasteiger partial charge in [0.15, 0.2) is 5.78 Å². The molecule has 4 atom stereocenters. The van der Waals surface area contributed by atoms with Gasteiger partial charge in [-0.05, 0) is 31.9 Å². The number of aliphatic hydroxyl groups is 1. The number of rotatable bonds is 13. The molecule has 0 bridgehead atoms. The van der Waals surface area contributed by atoms with Crippen molar-refractivity contribution < 1.29 is 19.5 Å². The number of nitrogens with two attached hydrogens (primary N) is 2. The fourth-order valence-electron chi connectivity index (χ4n) is 3.23. The number of carbonyl (C=O) groups is 3. The van der Waals surface area contributed by atoms with Crippen molar-refractivity contribution in [3.63, 3.8) is 0 Å². The highest BCUT2D eigenvalue weighted by atomic mass is 16.3. The van der Waals surface area contributed by atoms with E-state index in [9.17, 15) is 19.5 Å². The summed E-state index contributed by atoms with van der Waals surface area (Å²) in [6.07, 6.45) is -0.389. The summed E-state index contributed by atoms with van der Waals surface area (Å²) in [5.41, 5.74) is 12.4. The molecule has 0 aliphatic heterocycles. The largest absolute Gasteiger partial charge is 0.393 e. The van der Waals surface area contributed by atoms with Gasteiger partial charge in [0, 0.05) is 24.8 Å². The molecular formula is C22H35N3O4. The second kappa shape index (κ2) is 12.5. The van der Waals surface area contributed by atoms with Crippen molar-refractivity contribution in [3.8, 4) is 0 Å². The van der Waals surface area contributed by atoms with Crippen LogP contribution in [0.2, 0.25) is 0 Å². The van der Waals surface area contributed by atoms with Crippen LogP contribution in [0.3, 0.4) is 0 Å². The van der Waals surface area contributed by atoms with Gasteiger partial charge in [0.25, 0.3) is 0 Å². The molecule has 0 heterocycles. The molecule has 0 saturated heterocycles. The fraction of sp³-hybridized carbons (Fsp3) is 0.591. The lowest BCUT2D eigenvalue weighted by Crippen LogP contribution is -2.48. The Hall–Kier alpha value is -2.09. The highest BCUT2D eigenvalue weighted by Gasteiger charge is 2.32. The minimum atomic E-state index is -1.04. The molecule has 0 radical (unpaired) electrons. The molecular weight excluding hydrogens is 370 g/mol. The van der Waals surface area contributed by atoms with Gasteiger partial charge in [-0.3, -0.25) is 14.4 Å². The first-order valence-corrected chi connectivity index (χ1v) is 10.2. The maximum absolute atomic E-state index is 12.8. The van der Waals surface area contributed by atoms with Gasteiger partial charge >= 0.3 is 0 Å². The molecule has 6 N–H and O–H groups in total. The van der Waals surface area contributed by atoms with Crippen LogP contribution in [-0.4, -0.2) is 47.8 Å². The average molecular weight is 406 g/mol. The number of hydrogen-bond acceptors (Lipinski definition) is 6. The molecule has 0 fully saturated rings. The van der Waals surface area contributed by atoms with E-state index in [-0.39, 0.29) is 37.0 Å². The van der Waals surface area contributed by atoms with Gasteiger partial charge in [0.1, 0.15) is 5.78 Å². The van der Waals surface area contributed by atoms with E-state index in [0.29, 0.717) is 12.8 Å². The van der Waals surface area contributed by atoms with Crippen molar-refractivity contribution in [2.45, 2.75) is 52.2 Å². The highest BCUT2D eigenvalue weighted by Crippen LogP contribution is 2.18. The van der Waals surface area contributed by atoms with E-state index in [1.54, 1.807) is 13.8 Å². The normalized spacial score (nSPS) is 15.4. The van der Waals surface area contributed by atoms with E-state index >= 15 is 0 Å². The lowest BCUT2D eigenvalue weighted by molar-refractivity contribution is -0.136. The van der Waals surface area contributed by atoms with Crippen LogP contribution in [0.5, 0.6) is 0 Å². The van der Waals surface area contributed by atoms with Crippen molar-refractivity contribution in [3.05, 3.63) is 35.9 Å². The molecule has 7 nitrogen and oxygen atoms in total. The van der Waals surface area contributed by atoms with Crippen molar-refractivity contribution in [2.24, 2.45) is 29.2 Å². The minimum Gasteiger partial charge on any atom is -0.393 e. The zero-order chi connectivity index (χ0) is 22.0. The minimum absolute atomic E-state index is 0.122. The van der Waals surface area contributed by atoms with Crippen LogP contribution in [0.15, 0.2) is 30.3 Å². The average Bonchev–Trinajstić information content (AvgIpc) is 2.69. The van der Waals surface area contributed by atoms with Crippen molar-refractivity contribution in [1.82, 2.24) is 5.32 Å². The van der Waals surface area contributed by atoms with E-state index in [4.69, 9.17) is 11.5 Å². The maximum atomic E-state index is 12.8. The van der Waals surface area contributed by atoms with E-state index in [2.05, 4.69) is 5.32 Å². The van der Waals surface area contributed by atoms with Crippen LogP contribution >= 0.6 is 0 Å². The van der Waals surface area contributed by atoms with Crippen molar-refractivity contribution >= 4 is 17.5 Å². The Balaban J connectivity index is 2.85. The Morgan fingerprint density at radius 3 is 2.17 bits per heavy atom. The monoisotopic (exact) mass is 405 g/mol. The second-order valence-corrected chi connectivity index (χ2v) is 7.84. The number of benzene rings is 1. The number of hydrogen-bond donors (Lipinski definition) is 4. The first-order chi connectivity index (χ1) is 13.7. The van der Waals surface area contributed by atoms with Crippen LogP contribution in [0.4, 0.5) is 0 Å². The lowest BCUT2D eigenvalue weighted by Gasteiger charge is -2.25. The Labute approximate surface area is 173 Å². The van der Waals surface area contributed by atoms with Gasteiger partial charge in [-0.25, -0.2) is 0 Å². The lowest BCUT2D eigenvalue weighted by atomic mass is 9.87. The van der Waals surface area contributed by atoms with Crippen LogP contribution in [0.25, 0.3) is 0 Å². The Kier molecular flexibility index (Phi) is 10.7. The number of carbonyl (C=O) groups excluding carboxylic acids is 3. The van der Waals surface area contributed by atoms with Gasteiger partial charge in [-0.15, -0.1) is 0 Å². The molecule has 1 aromatic rings. The SMILES string of the molecule is CC(C)C(=O)[C@H](CCN)NC(=O)[C@@H](CC(=O)C(CN)Cc1ccccc1)C(C)O. The number of Topliss-reactive ketones (excluding diaryl/α,β-unsaturated/α-hetero) is 2. The summed E-state index contributed by atoms with van der Waals surface area (Å²) in [6.45, 7) is 5.37. The fourth-order valence-corrected chi connectivity index (χ4v) is 3.23. The Morgan fingerprint density at radius 2 is 1.69 bits per heavy atom. The molecule has 1 amide bonds. The summed E-state index contributed by atoms with van der Waals surface area (Å²) in [6, 6.07) is 8.80. The third-order valence-corrected chi connectivity index (χ3v) is 5.09. The summed E-state index contributed by atoms with van der Waals surface area (Å²) in [7, 11) is 0. The van der Waals surface area contributed by atoms with Gasteiger partial charge < -0.3 is 21.9 Å². The quantitative estimate of drug-likeness (QED) is 0.384. The topological polar surface area (TPSA) is 136 Å². The third-order valence-electron chi connectivity index (χ3n) is 5.09. The van der Waals surface area contributed by atoms with Gasteiger partial charge in [0.2, 0.25) is 5.91 Å². The molecule has 7 heteroatoms. The molecule has 29 heavy (non-hydrogen) atoms. The molecule has 0 aliphatic rings. The molecule has 0 aromatic heterocycles. The summed E-state index contributed by atoms with van der Waals surface area (Å²) in [5.74, 6) is -2.47. The van der Waals surface area contributed by atoms with E-state index in [1.165, 1.54) is 6.92 Å². The number of amides is 1. The van der Waals surface area contributed by atoms with Crippen LogP contribution in [-0.2, 0) is 20.8 Å². The van der Waals surface area contributed by atoms with Crippen LogP contribution in [0.1, 0.15) is 39.2 Å². The molecule has 1 rings (SSSR count). The molecule has 0 saturated carbocycles. The smallest absolute Gasteiger partial charge is 0.226 e. The Bertz CT molecular complexity index is 661. The highest BCUT2D eigenvalue weighted by molar-refractivity contribution is 5.93. The molecule has 0 spiro atoms. The number of ketones is 2. The maximum Gasteiger partial charge on any atom is 0.226 e. The van der Waals surface area contributed by atoms with Gasteiger partial charge in [-0.1, -0.05) is 44.2 Å². The summed E-state index contributed by atoms with van der Waals surface area (Å²) >= 11 is 0. The molecule has 1 aromatic carbocycles. The number of nitrogens with one attached hydrogen (secondary N) is 1. The zero-order valence-corrected chi connectivity index (χ0v) is 17.6. The molecule has 0 aliphatic carbocycles. The van der Waals surface area contributed by atoms with Gasteiger partial charge in [-0.2, -0.15) is 0 Å². The van der Waals surface area contributed by atoms with Crippen molar-refractivity contribution in [2.75, 3.05) is 13.1 Å². The van der Waals surface area contributed by atoms with E-state index in [0.717, 1.165) is 5.56 Å². The van der Waals surface area contributed by atoms with Crippen molar-refractivity contribution in [1.29, 1.82) is 0 Å². The first-order valence-electron chi connectivity index (χ1n) is 10.2. The van der Waals surface area contributed by atoms with Crippen LogP contribution < -0.4 is 16.8 Å². The predicted molar refractivity (Wildman–Crippen MR) is 113 cm³/mol. The van der Waals surface area contributed by atoms with Crippen LogP contribution in [0, 0.1) is 17.8 Å². The van der Waals surface area contributed by atoms with Gasteiger partial charge in [0.05, 0.1) is 18.1 Å². The summed E-state index contributed by atoms with van der Waals surface area (Å²) in [5, 5.41) is 12.8. The summed E-state index contributed by atoms with van der Waals surface area (Å²) in [4.78, 5) is 37.9.